The van der Waals surface area contributed by atoms with Crippen LogP contribution in [0.2, 0.25) is 0 Å². The van der Waals surface area contributed by atoms with Gasteiger partial charge in [-0.2, -0.15) is 0 Å². The number of carbonyl (C=O) groups is 1. The van der Waals surface area contributed by atoms with Crippen molar-refractivity contribution < 1.29 is 29.0 Å². The van der Waals surface area contributed by atoms with Crippen LogP contribution in [-0.4, -0.2) is 40.9 Å². The zero-order valence-corrected chi connectivity index (χ0v) is 19.8. The molecule has 1 saturated heterocycles. The number of nitro benzene ring substituents is 1. The first kappa shape index (κ1) is 24.2. The Morgan fingerprint density at radius 2 is 1.68 bits per heavy atom. The van der Waals surface area contributed by atoms with Gasteiger partial charge in [0, 0.05) is 30.8 Å². The SMILES string of the molecule is C#Cc1ccc(C(O)(c2ccc3c(c2)OCO3)C2CCN(C(=O)Oc3ccc([N+](=O)[O-])cc3)CC2)cc1. The molecule has 2 aliphatic rings. The normalized spacial score (nSPS) is 16.5. The third-order valence-electron chi connectivity index (χ3n) is 6.90. The number of carbonyl (C=O) groups excluding carboxylic acids is 1. The van der Waals surface area contributed by atoms with Crippen LogP contribution >= 0.6 is 0 Å². The van der Waals surface area contributed by atoms with E-state index < -0.39 is 16.6 Å². The third-order valence-corrected chi connectivity index (χ3v) is 6.90. The van der Waals surface area contributed by atoms with E-state index in [2.05, 4.69) is 5.92 Å². The molecule has 0 bridgehead atoms. The molecule has 5 rings (SSSR count). The van der Waals surface area contributed by atoms with Crippen LogP contribution in [0.25, 0.3) is 0 Å². The molecule has 9 nitrogen and oxygen atoms in total. The van der Waals surface area contributed by atoms with E-state index in [0.29, 0.717) is 54.1 Å². The number of terminal acetylenes is 1. The first-order chi connectivity index (χ1) is 17.9. The molecule has 1 unspecified atom stereocenters. The van der Waals surface area contributed by atoms with E-state index in [1.54, 1.807) is 29.2 Å². The number of likely N-dealkylation sites (tertiary alicyclic amines) is 1. The van der Waals surface area contributed by atoms with Gasteiger partial charge in [-0.25, -0.2) is 4.79 Å². The molecule has 0 radical (unpaired) electrons. The second-order valence-electron chi connectivity index (χ2n) is 8.94. The zero-order valence-electron chi connectivity index (χ0n) is 19.8. The van der Waals surface area contributed by atoms with E-state index in [9.17, 15) is 20.0 Å². The first-order valence-corrected chi connectivity index (χ1v) is 11.8. The quantitative estimate of drug-likeness (QED) is 0.313. The summed E-state index contributed by atoms with van der Waals surface area (Å²) in [5.74, 6) is 3.80. The van der Waals surface area contributed by atoms with Gasteiger partial charge in [0.05, 0.1) is 4.92 Å². The molecule has 3 aromatic carbocycles. The lowest BCUT2D eigenvalue weighted by Crippen LogP contribution is -2.46. The number of piperidine rings is 1. The number of nitrogens with zero attached hydrogens (tertiary/aromatic N) is 2. The Morgan fingerprint density at radius 1 is 1.03 bits per heavy atom. The third kappa shape index (κ3) is 4.67. The van der Waals surface area contributed by atoms with Crippen LogP contribution in [-0.2, 0) is 5.60 Å². The van der Waals surface area contributed by atoms with Crippen molar-refractivity contribution in [1.29, 1.82) is 0 Å². The molecule has 3 aromatic rings. The molecule has 2 aliphatic heterocycles. The van der Waals surface area contributed by atoms with Gasteiger partial charge in [0.1, 0.15) is 11.4 Å². The Bertz CT molecular complexity index is 1360. The van der Waals surface area contributed by atoms with Gasteiger partial charge >= 0.3 is 6.09 Å². The molecule has 0 spiro atoms. The summed E-state index contributed by atoms with van der Waals surface area (Å²) in [6, 6.07) is 18.0. The predicted molar refractivity (Wildman–Crippen MR) is 133 cm³/mol. The van der Waals surface area contributed by atoms with Crippen molar-refractivity contribution in [3.8, 4) is 29.6 Å². The van der Waals surface area contributed by atoms with E-state index in [-0.39, 0.29) is 24.1 Å². The molecule has 1 amide bonds. The highest BCUT2D eigenvalue weighted by atomic mass is 16.7. The lowest BCUT2D eigenvalue weighted by atomic mass is 9.72. The van der Waals surface area contributed by atoms with Crippen LogP contribution in [0.15, 0.2) is 66.7 Å². The van der Waals surface area contributed by atoms with Gasteiger partial charge in [-0.05, 0) is 66.3 Å². The Hall–Kier alpha value is -4.55. The summed E-state index contributed by atoms with van der Waals surface area (Å²) in [4.78, 5) is 24.6. The summed E-state index contributed by atoms with van der Waals surface area (Å²) in [7, 11) is 0. The molecule has 188 valence electrons. The molecule has 1 N–H and O–H groups in total. The van der Waals surface area contributed by atoms with Crippen molar-refractivity contribution in [2.24, 2.45) is 5.92 Å². The van der Waals surface area contributed by atoms with Crippen molar-refractivity contribution in [3.05, 3.63) is 93.5 Å². The van der Waals surface area contributed by atoms with Gasteiger partial charge in [-0.15, -0.1) is 6.42 Å². The monoisotopic (exact) mass is 500 g/mol. The first-order valence-electron chi connectivity index (χ1n) is 11.8. The standard InChI is InChI=1S/C28H24N2O7/c1-2-19-3-5-20(6-4-19)28(32,22-7-12-25-26(17-22)36-18-35-25)21-13-15-29(16-14-21)27(31)37-24-10-8-23(9-11-24)30(33)34/h1,3-12,17,21,32H,13-16,18H2. The largest absolute Gasteiger partial charge is 0.454 e. The van der Waals surface area contributed by atoms with Crippen molar-refractivity contribution in [2.75, 3.05) is 19.9 Å². The van der Waals surface area contributed by atoms with Crippen LogP contribution in [0.4, 0.5) is 10.5 Å². The average Bonchev–Trinajstić information content (AvgIpc) is 3.41. The number of amides is 1. The maximum absolute atomic E-state index is 12.7. The number of fused-ring (bicyclic) bond motifs is 1. The number of hydrogen-bond donors (Lipinski definition) is 1. The summed E-state index contributed by atoms with van der Waals surface area (Å²) >= 11 is 0. The fraction of sp³-hybridized carbons (Fsp3) is 0.250. The summed E-state index contributed by atoms with van der Waals surface area (Å²) in [6.45, 7) is 0.862. The fourth-order valence-corrected chi connectivity index (χ4v) is 4.87. The Labute approximate surface area is 213 Å². The average molecular weight is 501 g/mol. The predicted octanol–water partition coefficient (Wildman–Crippen LogP) is 4.45. The second kappa shape index (κ2) is 9.84. The molecule has 0 aromatic heterocycles. The molecule has 37 heavy (non-hydrogen) atoms. The van der Waals surface area contributed by atoms with Crippen molar-refractivity contribution >= 4 is 11.8 Å². The summed E-state index contributed by atoms with van der Waals surface area (Å²) in [5, 5.41) is 23.1. The summed E-state index contributed by atoms with van der Waals surface area (Å²) < 4.78 is 16.4. The van der Waals surface area contributed by atoms with Crippen LogP contribution in [0.1, 0.15) is 29.5 Å². The molecule has 2 heterocycles. The molecular formula is C28H24N2O7. The Kier molecular flexibility index (Phi) is 6.42. The van der Waals surface area contributed by atoms with E-state index in [1.807, 2.05) is 18.2 Å². The molecule has 1 atom stereocenters. The second-order valence-corrected chi connectivity index (χ2v) is 8.94. The van der Waals surface area contributed by atoms with Gasteiger partial charge in [0.15, 0.2) is 11.5 Å². The van der Waals surface area contributed by atoms with E-state index in [4.69, 9.17) is 20.6 Å². The molecule has 1 fully saturated rings. The van der Waals surface area contributed by atoms with Crippen LogP contribution in [0.5, 0.6) is 17.2 Å². The lowest BCUT2D eigenvalue weighted by molar-refractivity contribution is -0.384. The molecule has 0 saturated carbocycles. The van der Waals surface area contributed by atoms with Crippen LogP contribution < -0.4 is 14.2 Å². The van der Waals surface area contributed by atoms with Gasteiger partial charge < -0.3 is 24.2 Å². The van der Waals surface area contributed by atoms with Gasteiger partial charge in [0.25, 0.3) is 5.69 Å². The van der Waals surface area contributed by atoms with Gasteiger partial charge in [-0.1, -0.05) is 24.1 Å². The number of non-ortho nitro benzene ring substituents is 1. The van der Waals surface area contributed by atoms with Crippen molar-refractivity contribution in [3.63, 3.8) is 0 Å². The molecule has 0 aliphatic carbocycles. The Balaban J connectivity index is 1.35. The van der Waals surface area contributed by atoms with Crippen LogP contribution in [0, 0.1) is 28.4 Å². The van der Waals surface area contributed by atoms with Crippen molar-refractivity contribution in [2.45, 2.75) is 18.4 Å². The highest BCUT2D eigenvalue weighted by molar-refractivity contribution is 5.71. The van der Waals surface area contributed by atoms with Gasteiger partial charge in [-0.3, -0.25) is 10.1 Å². The minimum atomic E-state index is -1.36. The number of aliphatic hydroxyl groups is 1. The smallest absolute Gasteiger partial charge is 0.415 e. The van der Waals surface area contributed by atoms with Crippen molar-refractivity contribution in [1.82, 2.24) is 4.90 Å². The lowest BCUT2D eigenvalue weighted by Gasteiger charge is -2.42. The number of hydrogen-bond acceptors (Lipinski definition) is 7. The highest BCUT2D eigenvalue weighted by Crippen LogP contribution is 2.45. The van der Waals surface area contributed by atoms with E-state index in [1.165, 1.54) is 24.3 Å². The number of rotatable bonds is 5. The van der Waals surface area contributed by atoms with E-state index >= 15 is 0 Å². The molecular weight excluding hydrogens is 476 g/mol. The zero-order chi connectivity index (χ0) is 26.0. The van der Waals surface area contributed by atoms with E-state index in [0.717, 1.165) is 0 Å². The number of ether oxygens (including phenoxy) is 3. The topological polar surface area (TPSA) is 111 Å². The minimum absolute atomic E-state index is 0.0845. The number of nitro groups is 1. The highest BCUT2D eigenvalue weighted by Gasteiger charge is 2.43. The summed E-state index contributed by atoms with van der Waals surface area (Å²) in [6.07, 6.45) is 6.00. The van der Waals surface area contributed by atoms with Gasteiger partial charge in [0.2, 0.25) is 6.79 Å². The summed E-state index contributed by atoms with van der Waals surface area (Å²) in [5.41, 5.74) is 0.622. The maximum atomic E-state index is 12.7. The number of benzene rings is 3. The molecule has 9 heteroatoms. The fourth-order valence-electron chi connectivity index (χ4n) is 4.87. The Morgan fingerprint density at radius 3 is 2.32 bits per heavy atom. The maximum Gasteiger partial charge on any atom is 0.415 e. The van der Waals surface area contributed by atoms with Crippen LogP contribution in [0.3, 0.4) is 0 Å². The minimum Gasteiger partial charge on any atom is -0.454 e.